The van der Waals surface area contributed by atoms with Gasteiger partial charge in [-0.25, -0.2) is 0 Å². The number of nitrogens with one attached hydrogen (secondary N) is 2. The second-order valence-corrected chi connectivity index (χ2v) is 4.30. The van der Waals surface area contributed by atoms with E-state index >= 15 is 0 Å². The lowest BCUT2D eigenvalue weighted by Gasteiger charge is -2.05. The van der Waals surface area contributed by atoms with Crippen LogP contribution in [0.4, 0.5) is 5.69 Å². The molecule has 0 fully saturated rings. The smallest absolute Gasteiger partial charge is 0.276 e. The predicted octanol–water partition coefficient (Wildman–Crippen LogP) is 2.82. The molecule has 0 saturated heterocycles. The van der Waals surface area contributed by atoms with Gasteiger partial charge in [-0.2, -0.15) is 5.10 Å². The van der Waals surface area contributed by atoms with E-state index in [1.807, 2.05) is 36.4 Å². The number of para-hydroxylation sites is 1. The maximum Gasteiger partial charge on any atom is 0.276 e. The van der Waals surface area contributed by atoms with Crippen LogP contribution in [0, 0.1) is 0 Å². The molecular formula is C15H13N3O2. The number of ether oxygens (including phenoxy) is 1. The van der Waals surface area contributed by atoms with Crippen LogP contribution in [-0.4, -0.2) is 23.2 Å². The number of methoxy groups -OCH3 is 1. The van der Waals surface area contributed by atoms with Gasteiger partial charge in [-0.1, -0.05) is 24.3 Å². The molecule has 0 spiro atoms. The lowest BCUT2D eigenvalue weighted by molar-refractivity contribution is 0.102. The average Bonchev–Trinajstić information content (AvgIpc) is 2.91. The molecule has 0 bridgehead atoms. The Morgan fingerprint density at radius 3 is 2.90 bits per heavy atom. The van der Waals surface area contributed by atoms with Gasteiger partial charge in [0.05, 0.1) is 12.6 Å². The minimum atomic E-state index is -0.254. The molecule has 3 aromatic rings. The fourth-order valence-corrected chi connectivity index (χ4v) is 2.03. The molecule has 0 aliphatic carbocycles. The third-order valence-electron chi connectivity index (χ3n) is 3.01. The first-order valence-electron chi connectivity index (χ1n) is 6.16. The van der Waals surface area contributed by atoms with Gasteiger partial charge in [-0.3, -0.25) is 9.89 Å². The van der Waals surface area contributed by atoms with Gasteiger partial charge in [-0.05, 0) is 18.2 Å². The van der Waals surface area contributed by atoms with Crippen LogP contribution in [0.5, 0.6) is 5.75 Å². The number of hydrogen-bond donors (Lipinski definition) is 2. The lowest BCUT2D eigenvalue weighted by atomic mass is 10.2. The number of nitrogens with zero attached hydrogens (tertiary/aromatic N) is 1. The van der Waals surface area contributed by atoms with Gasteiger partial charge in [0.15, 0.2) is 5.69 Å². The van der Waals surface area contributed by atoms with Crippen molar-refractivity contribution in [2.45, 2.75) is 0 Å². The third kappa shape index (κ3) is 2.21. The molecule has 5 nitrogen and oxygen atoms in total. The normalized spacial score (nSPS) is 10.4. The molecule has 1 aromatic heterocycles. The van der Waals surface area contributed by atoms with E-state index in [0.717, 1.165) is 10.9 Å². The summed E-state index contributed by atoms with van der Waals surface area (Å²) in [5, 5.41) is 10.5. The average molecular weight is 267 g/mol. The molecule has 20 heavy (non-hydrogen) atoms. The van der Waals surface area contributed by atoms with Crippen molar-refractivity contribution in [3.63, 3.8) is 0 Å². The van der Waals surface area contributed by atoms with Gasteiger partial charge in [0, 0.05) is 17.1 Å². The molecule has 0 aliphatic heterocycles. The fraction of sp³-hybridized carbons (Fsp3) is 0.0667. The van der Waals surface area contributed by atoms with Gasteiger partial charge < -0.3 is 10.1 Å². The highest BCUT2D eigenvalue weighted by molar-refractivity contribution is 6.11. The van der Waals surface area contributed by atoms with Crippen LogP contribution in [0.15, 0.2) is 48.5 Å². The van der Waals surface area contributed by atoms with Crippen LogP contribution >= 0.6 is 0 Å². The van der Waals surface area contributed by atoms with Crippen molar-refractivity contribution >= 4 is 22.5 Å². The quantitative estimate of drug-likeness (QED) is 0.766. The van der Waals surface area contributed by atoms with E-state index in [0.29, 0.717) is 17.1 Å². The Morgan fingerprint density at radius 2 is 2.05 bits per heavy atom. The molecule has 1 heterocycles. The number of fused-ring (bicyclic) bond motifs is 1. The number of anilines is 1. The monoisotopic (exact) mass is 267 g/mol. The van der Waals surface area contributed by atoms with Crippen molar-refractivity contribution < 1.29 is 9.53 Å². The van der Waals surface area contributed by atoms with Crippen LogP contribution in [0.1, 0.15) is 10.5 Å². The van der Waals surface area contributed by atoms with E-state index in [1.54, 1.807) is 19.2 Å². The van der Waals surface area contributed by atoms with Crippen LogP contribution in [0.25, 0.3) is 10.9 Å². The number of aromatic amines is 1. The molecule has 3 rings (SSSR count). The summed E-state index contributed by atoms with van der Waals surface area (Å²) in [7, 11) is 1.59. The molecule has 0 atom stereocenters. The molecule has 0 radical (unpaired) electrons. The van der Waals surface area contributed by atoms with Gasteiger partial charge in [0.1, 0.15) is 5.75 Å². The second kappa shape index (κ2) is 5.05. The largest absolute Gasteiger partial charge is 0.497 e. The highest BCUT2D eigenvalue weighted by atomic mass is 16.5. The Labute approximate surface area is 115 Å². The van der Waals surface area contributed by atoms with E-state index in [2.05, 4.69) is 15.5 Å². The van der Waals surface area contributed by atoms with Crippen molar-refractivity contribution in [3.8, 4) is 5.75 Å². The number of aromatic nitrogens is 2. The summed E-state index contributed by atoms with van der Waals surface area (Å²) < 4.78 is 5.12. The number of carbonyl (C=O) groups excluding carboxylic acids is 1. The highest BCUT2D eigenvalue weighted by Crippen LogP contribution is 2.19. The zero-order chi connectivity index (χ0) is 13.9. The van der Waals surface area contributed by atoms with Gasteiger partial charge in [0.25, 0.3) is 5.91 Å². The Morgan fingerprint density at radius 1 is 1.20 bits per heavy atom. The fourth-order valence-electron chi connectivity index (χ4n) is 2.03. The van der Waals surface area contributed by atoms with Gasteiger partial charge in [-0.15, -0.1) is 0 Å². The minimum absolute atomic E-state index is 0.254. The van der Waals surface area contributed by atoms with Crippen molar-refractivity contribution in [1.82, 2.24) is 10.2 Å². The van der Waals surface area contributed by atoms with E-state index in [1.165, 1.54) is 0 Å². The Hall–Kier alpha value is -2.82. The maximum absolute atomic E-state index is 12.3. The first-order chi connectivity index (χ1) is 9.78. The molecular weight excluding hydrogens is 254 g/mol. The van der Waals surface area contributed by atoms with Crippen molar-refractivity contribution in [3.05, 3.63) is 54.2 Å². The number of rotatable bonds is 3. The van der Waals surface area contributed by atoms with Crippen LogP contribution in [-0.2, 0) is 0 Å². The Balaban J connectivity index is 1.89. The zero-order valence-electron chi connectivity index (χ0n) is 10.9. The van der Waals surface area contributed by atoms with Crippen molar-refractivity contribution in [1.29, 1.82) is 0 Å². The molecule has 2 aromatic carbocycles. The van der Waals surface area contributed by atoms with E-state index in [9.17, 15) is 4.79 Å². The van der Waals surface area contributed by atoms with Gasteiger partial charge in [0.2, 0.25) is 0 Å². The number of amides is 1. The van der Waals surface area contributed by atoms with E-state index < -0.39 is 0 Å². The summed E-state index contributed by atoms with van der Waals surface area (Å²) in [6, 6.07) is 14.7. The van der Waals surface area contributed by atoms with Crippen LogP contribution in [0.3, 0.4) is 0 Å². The zero-order valence-corrected chi connectivity index (χ0v) is 10.9. The van der Waals surface area contributed by atoms with Crippen molar-refractivity contribution in [2.75, 3.05) is 12.4 Å². The summed E-state index contributed by atoms with van der Waals surface area (Å²) in [4.78, 5) is 12.3. The number of benzene rings is 2. The topological polar surface area (TPSA) is 67.0 Å². The van der Waals surface area contributed by atoms with Crippen LogP contribution in [0.2, 0.25) is 0 Å². The summed E-state index contributed by atoms with van der Waals surface area (Å²) in [6.07, 6.45) is 0. The van der Waals surface area contributed by atoms with Crippen LogP contribution < -0.4 is 10.1 Å². The first-order valence-corrected chi connectivity index (χ1v) is 6.16. The molecule has 5 heteroatoms. The SMILES string of the molecule is COc1cccc(NC(=O)c2n[nH]c3ccccc23)c1. The molecule has 1 amide bonds. The molecule has 100 valence electrons. The van der Waals surface area contributed by atoms with Crippen molar-refractivity contribution in [2.24, 2.45) is 0 Å². The summed E-state index contributed by atoms with van der Waals surface area (Å²) in [5.41, 5.74) is 1.88. The number of H-pyrrole nitrogens is 1. The molecule has 2 N–H and O–H groups in total. The third-order valence-corrected chi connectivity index (χ3v) is 3.01. The predicted molar refractivity (Wildman–Crippen MR) is 77.0 cm³/mol. The molecule has 0 saturated carbocycles. The highest BCUT2D eigenvalue weighted by Gasteiger charge is 2.13. The maximum atomic E-state index is 12.3. The lowest BCUT2D eigenvalue weighted by Crippen LogP contribution is -2.12. The standard InChI is InChI=1S/C15H13N3O2/c1-20-11-6-4-5-10(9-11)16-15(19)14-12-7-2-3-8-13(12)17-18-14/h2-9H,1H3,(H,16,19)(H,17,18). The summed E-state index contributed by atoms with van der Waals surface area (Å²) in [6.45, 7) is 0. The van der Waals surface area contributed by atoms with E-state index in [4.69, 9.17) is 4.74 Å². The molecule has 0 aliphatic rings. The van der Waals surface area contributed by atoms with E-state index in [-0.39, 0.29) is 5.91 Å². The summed E-state index contributed by atoms with van der Waals surface area (Å²) in [5.74, 6) is 0.436. The molecule has 0 unspecified atom stereocenters. The Bertz CT molecular complexity index is 764. The number of carbonyl (C=O) groups is 1. The first kappa shape index (κ1) is 12.2. The number of hydrogen-bond acceptors (Lipinski definition) is 3. The summed E-state index contributed by atoms with van der Waals surface area (Å²) >= 11 is 0. The minimum Gasteiger partial charge on any atom is -0.497 e. The van der Waals surface area contributed by atoms with Gasteiger partial charge >= 0.3 is 0 Å². The Kier molecular flexibility index (Phi) is 3.09. The second-order valence-electron chi connectivity index (χ2n) is 4.30.